The third kappa shape index (κ3) is 37.9. The molecule has 25 valence electrons. The summed E-state index contributed by atoms with van der Waals surface area (Å²) in [5.41, 5.74) is 0. The van der Waals surface area contributed by atoms with Gasteiger partial charge in [0.2, 0.25) is 0 Å². The molecule has 0 amide bonds. The zero-order chi connectivity index (χ0) is 2.71. The van der Waals surface area contributed by atoms with Gasteiger partial charge in [-0.1, -0.05) is 0 Å². The molecular formula is CNOWY-. The molecule has 0 unspecified atom stereocenters. The Morgan fingerprint density at radius 1 is 1.60 bits per heavy atom. The third-order valence-electron chi connectivity index (χ3n) is 0. The van der Waals surface area contributed by atoms with E-state index in [1.807, 2.05) is 0 Å². The molecule has 0 aromatic rings. The minimum Gasteiger partial charge on any atom is -0.724 e. The van der Waals surface area contributed by atoms with Crippen LogP contribution >= 0.6 is 0 Å². The molecule has 0 saturated carbocycles. The second-order valence-corrected chi connectivity index (χ2v) is 0.0913. The average molecular weight is 315 g/mol. The van der Waals surface area contributed by atoms with Crippen molar-refractivity contribution in [1.29, 1.82) is 0 Å². The third-order valence-corrected chi connectivity index (χ3v) is 0. The van der Waals surface area contributed by atoms with Gasteiger partial charge in [-0.15, -0.1) is 0 Å². The molecule has 0 saturated heterocycles. The normalized spacial score (nSPS) is 1.60. The summed E-state index contributed by atoms with van der Waals surface area (Å²) in [7, 11) is 0. The van der Waals surface area contributed by atoms with E-state index in [9.17, 15) is 0 Å². The first-order valence-electron chi connectivity index (χ1n) is 0.428. The van der Waals surface area contributed by atoms with Gasteiger partial charge in [0.15, 0.2) is 0 Å². The molecule has 0 aromatic heterocycles. The van der Waals surface area contributed by atoms with E-state index in [1.54, 1.807) is 0 Å². The summed E-state index contributed by atoms with van der Waals surface area (Å²) in [5.74, 6) is 0. The Labute approximate surface area is 69.4 Å². The molecule has 0 aliphatic carbocycles. The van der Waals surface area contributed by atoms with Crippen LogP contribution in [0, 0.1) is 0 Å². The van der Waals surface area contributed by atoms with Crippen molar-refractivity contribution in [2.24, 2.45) is 0 Å². The largest absolute Gasteiger partial charge is 0.724 e. The van der Waals surface area contributed by atoms with Crippen LogP contribution in [-0.2, 0) is 58.6 Å². The Hall–Kier alpha value is 1.17. The quantitative estimate of drug-likeness (QED) is 0.454. The second-order valence-electron chi connectivity index (χ2n) is 0.0913. The number of rotatable bonds is 0. The van der Waals surface area contributed by atoms with Crippen molar-refractivity contribution in [3.63, 3.8) is 0 Å². The van der Waals surface area contributed by atoms with Gasteiger partial charge < -0.3 is 5.41 Å². The van der Waals surface area contributed by atoms with Gasteiger partial charge in [0.05, 0.1) is 0 Å². The van der Waals surface area contributed by atoms with Crippen LogP contribution in [0.5, 0.6) is 0 Å². The van der Waals surface area contributed by atoms with Crippen LogP contribution in [0.25, 0.3) is 5.41 Å². The van der Waals surface area contributed by atoms with Gasteiger partial charge in [-0.3, -0.25) is 4.79 Å². The number of nitrogens with zero attached hydrogens (tertiary/aromatic N) is 1. The van der Waals surface area contributed by atoms with E-state index < -0.39 is 0 Å². The standard InChI is InChI=1S/CNO.W.Y/c2-1-3;;/q-1;;. The van der Waals surface area contributed by atoms with Gasteiger partial charge in [-0.25, -0.2) is 0 Å². The van der Waals surface area contributed by atoms with E-state index in [1.165, 1.54) is 0 Å². The number of isocyanates is 1. The van der Waals surface area contributed by atoms with Gasteiger partial charge >= 0.3 is 0 Å². The van der Waals surface area contributed by atoms with Crippen LogP contribution in [0.3, 0.4) is 0 Å². The predicted octanol–water partition coefficient (Wildman–Crippen LogP) is -0.113. The summed E-state index contributed by atoms with van der Waals surface area (Å²) in [6.45, 7) is 0. The summed E-state index contributed by atoms with van der Waals surface area (Å²) in [4.78, 5) is 8.24. The zero-order valence-electron chi connectivity index (χ0n) is 2.34. The van der Waals surface area contributed by atoms with E-state index in [4.69, 9.17) is 10.2 Å². The van der Waals surface area contributed by atoms with Crippen molar-refractivity contribution in [1.82, 2.24) is 0 Å². The van der Waals surface area contributed by atoms with Crippen LogP contribution in [0.4, 0.5) is 0 Å². The molecule has 4 heteroatoms. The number of hydrogen-bond donors (Lipinski definition) is 0. The van der Waals surface area contributed by atoms with E-state index in [0.29, 0.717) is 6.08 Å². The predicted molar refractivity (Wildman–Crippen MR) is 9.05 cm³/mol. The SMILES string of the molecule is [N-]=C=O.[W].[Y]. The topological polar surface area (TPSA) is 39.4 Å². The number of hydrogen-bond acceptors (Lipinski definition) is 1. The molecule has 5 heavy (non-hydrogen) atoms. The molecule has 0 aliphatic heterocycles. The van der Waals surface area contributed by atoms with Crippen molar-refractivity contribution >= 4 is 6.08 Å². The maximum atomic E-state index is 8.24. The first-order chi connectivity index (χ1) is 1.41. The molecule has 0 fully saturated rings. The van der Waals surface area contributed by atoms with Gasteiger partial charge in [-0.2, -0.15) is 0 Å². The van der Waals surface area contributed by atoms with E-state index in [-0.39, 0.29) is 53.8 Å². The number of carbonyl (C=O) groups excluding carboxylic acids is 1. The molecule has 0 rings (SSSR count). The monoisotopic (exact) mass is 315 g/mol. The molecule has 0 aromatic carbocycles. The van der Waals surface area contributed by atoms with Crippen molar-refractivity contribution in [3.8, 4) is 0 Å². The van der Waals surface area contributed by atoms with Gasteiger partial charge in [0, 0.05) is 53.8 Å². The molecule has 0 atom stereocenters. The van der Waals surface area contributed by atoms with Crippen LogP contribution in [0.1, 0.15) is 0 Å². The van der Waals surface area contributed by atoms with Crippen LogP contribution in [-0.4, -0.2) is 6.08 Å². The Morgan fingerprint density at radius 3 is 1.60 bits per heavy atom. The van der Waals surface area contributed by atoms with Gasteiger partial charge in [0.1, 0.15) is 0 Å². The minimum atomic E-state index is 0. The molecule has 0 aliphatic rings. The summed E-state index contributed by atoms with van der Waals surface area (Å²) >= 11 is 0. The summed E-state index contributed by atoms with van der Waals surface area (Å²) in [6, 6.07) is 0. The van der Waals surface area contributed by atoms with Gasteiger partial charge in [0.25, 0.3) is 0 Å². The minimum absolute atomic E-state index is 0. The van der Waals surface area contributed by atoms with Gasteiger partial charge in [-0.05, 0) is 6.08 Å². The Balaban J connectivity index is -0.0000000200. The van der Waals surface area contributed by atoms with Crippen molar-refractivity contribution < 1.29 is 58.6 Å². The molecular weight excluding hydrogens is 315 g/mol. The van der Waals surface area contributed by atoms with Crippen molar-refractivity contribution in [3.05, 3.63) is 5.41 Å². The second kappa shape index (κ2) is 19.1. The van der Waals surface area contributed by atoms with E-state index in [2.05, 4.69) is 0 Å². The molecule has 2 nitrogen and oxygen atoms in total. The van der Waals surface area contributed by atoms with E-state index >= 15 is 0 Å². The van der Waals surface area contributed by atoms with Crippen LogP contribution < -0.4 is 0 Å². The fourth-order valence-corrected chi connectivity index (χ4v) is 0. The Morgan fingerprint density at radius 2 is 1.60 bits per heavy atom. The molecule has 0 bridgehead atoms. The Kier molecular flexibility index (Phi) is 62.6. The fraction of sp³-hybridized carbons (Fsp3) is 0. The maximum Gasteiger partial charge on any atom is 0 e. The molecule has 0 N–H and O–H groups in total. The molecule has 0 spiro atoms. The fourth-order valence-electron chi connectivity index (χ4n) is 0. The van der Waals surface area contributed by atoms with Crippen molar-refractivity contribution in [2.75, 3.05) is 0 Å². The first-order valence-corrected chi connectivity index (χ1v) is 0.428. The van der Waals surface area contributed by atoms with Crippen molar-refractivity contribution in [2.45, 2.75) is 0 Å². The first kappa shape index (κ1) is 16.4. The zero-order valence-corrected chi connectivity index (χ0v) is 8.11. The van der Waals surface area contributed by atoms with Crippen LogP contribution in [0.2, 0.25) is 0 Å². The molecule has 1 radical (unpaired) electrons. The average Bonchev–Trinajstić information content (AvgIpc) is 0.918. The summed E-state index contributed by atoms with van der Waals surface area (Å²) in [5, 5.41) is 6.76. The summed E-state index contributed by atoms with van der Waals surface area (Å²) in [6.07, 6.45) is 0.500. The smallest absolute Gasteiger partial charge is 0 e. The van der Waals surface area contributed by atoms with Crippen LogP contribution in [0.15, 0.2) is 0 Å². The summed E-state index contributed by atoms with van der Waals surface area (Å²) < 4.78 is 0. The van der Waals surface area contributed by atoms with E-state index in [0.717, 1.165) is 0 Å². The molecule has 0 heterocycles. The maximum absolute atomic E-state index is 8.24. The Bertz CT molecular complexity index is 32.6.